The van der Waals surface area contributed by atoms with Crippen LogP contribution in [0.3, 0.4) is 0 Å². The number of H-pyrrole nitrogens is 1. The number of aromatic amines is 1. The van der Waals surface area contributed by atoms with E-state index in [1.165, 1.54) is 0 Å². The lowest BCUT2D eigenvalue weighted by Gasteiger charge is -2.11. The number of ether oxygens (including phenoxy) is 1. The van der Waals surface area contributed by atoms with Gasteiger partial charge in [-0.2, -0.15) is 5.10 Å². The number of halogens is 1. The second kappa shape index (κ2) is 5.28. The van der Waals surface area contributed by atoms with Crippen molar-refractivity contribution in [1.29, 1.82) is 0 Å². The summed E-state index contributed by atoms with van der Waals surface area (Å²) >= 11 is 6.15. The van der Waals surface area contributed by atoms with E-state index in [1.54, 1.807) is 12.3 Å². The van der Waals surface area contributed by atoms with Gasteiger partial charge in [-0.05, 0) is 25.1 Å². The Kier molecular flexibility index (Phi) is 3.23. The van der Waals surface area contributed by atoms with E-state index in [1.807, 2.05) is 31.2 Å². The second-order valence-corrected chi connectivity index (χ2v) is 6.10. The molecular weight excluding hydrogens is 314 g/mol. The molecule has 0 saturated carbocycles. The molecule has 2 aromatic carbocycles. The molecule has 1 amide bonds. The number of amides is 1. The molecule has 1 aliphatic heterocycles. The van der Waals surface area contributed by atoms with Gasteiger partial charge in [0.25, 0.3) is 5.91 Å². The van der Waals surface area contributed by atoms with Crippen LogP contribution < -0.4 is 10.1 Å². The Balaban J connectivity index is 1.72. The normalized spacial score (nSPS) is 16.2. The minimum absolute atomic E-state index is 0.0473. The van der Waals surface area contributed by atoms with Crippen LogP contribution in [0.4, 0.5) is 5.69 Å². The first-order chi connectivity index (χ1) is 11.1. The van der Waals surface area contributed by atoms with Gasteiger partial charge < -0.3 is 10.1 Å². The van der Waals surface area contributed by atoms with Gasteiger partial charge in [0.05, 0.1) is 23.0 Å². The third-order valence-electron chi connectivity index (χ3n) is 3.93. The highest BCUT2D eigenvalue weighted by Gasteiger charge is 2.26. The predicted octanol–water partition coefficient (Wildman–Crippen LogP) is 3.79. The summed E-state index contributed by atoms with van der Waals surface area (Å²) in [5, 5.41) is 11.3. The molecule has 1 atom stereocenters. The fraction of sp³-hybridized carbons (Fsp3) is 0.176. The van der Waals surface area contributed by atoms with Crippen molar-refractivity contribution in [2.45, 2.75) is 19.4 Å². The van der Waals surface area contributed by atoms with Gasteiger partial charge >= 0.3 is 0 Å². The summed E-state index contributed by atoms with van der Waals surface area (Å²) in [5.41, 5.74) is 2.88. The third-order valence-corrected chi connectivity index (χ3v) is 4.14. The molecular formula is C17H14ClN3O2. The standard InChI is InChI=1S/C17H14ClN3O2/c1-9-5-11-6-12(18)7-13(16(11)23-9)17(22)20-14-4-2-3-10-8-19-21-15(10)14/h2-4,6-9H,5H2,1H3,(H,19,21)(H,20,22)/t9-/m1/s1. The van der Waals surface area contributed by atoms with Gasteiger partial charge in [-0.1, -0.05) is 23.7 Å². The lowest BCUT2D eigenvalue weighted by atomic mass is 10.1. The second-order valence-electron chi connectivity index (χ2n) is 5.67. The molecule has 2 heterocycles. The fourth-order valence-corrected chi connectivity index (χ4v) is 3.17. The molecule has 2 N–H and O–H groups in total. The first-order valence-corrected chi connectivity index (χ1v) is 7.72. The topological polar surface area (TPSA) is 67.0 Å². The number of para-hydroxylation sites is 1. The van der Waals surface area contributed by atoms with Crippen molar-refractivity contribution in [2.24, 2.45) is 0 Å². The number of nitrogens with zero attached hydrogens (tertiary/aromatic N) is 1. The van der Waals surface area contributed by atoms with Gasteiger partial charge in [0.2, 0.25) is 0 Å². The van der Waals surface area contributed by atoms with E-state index in [9.17, 15) is 4.79 Å². The lowest BCUT2D eigenvalue weighted by molar-refractivity contribution is 0.102. The van der Waals surface area contributed by atoms with Crippen LogP contribution >= 0.6 is 11.6 Å². The summed E-state index contributed by atoms with van der Waals surface area (Å²) in [5.74, 6) is 0.371. The van der Waals surface area contributed by atoms with Crippen molar-refractivity contribution < 1.29 is 9.53 Å². The van der Waals surface area contributed by atoms with Crippen molar-refractivity contribution in [3.63, 3.8) is 0 Å². The SMILES string of the molecule is C[C@@H]1Cc2cc(Cl)cc(C(=O)Nc3cccc4cn[nH]c34)c2O1. The van der Waals surface area contributed by atoms with Gasteiger partial charge in [0, 0.05) is 22.4 Å². The minimum atomic E-state index is -0.250. The maximum Gasteiger partial charge on any atom is 0.259 e. The van der Waals surface area contributed by atoms with Crippen LogP contribution in [-0.4, -0.2) is 22.2 Å². The van der Waals surface area contributed by atoms with E-state index in [0.29, 0.717) is 22.0 Å². The van der Waals surface area contributed by atoms with E-state index in [2.05, 4.69) is 15.5 Å². The van der Waals surface area contributed by atoms with Gasteiger partial charge in [-0.3, -0.25) is 9.89 Å². The van der Waals surface area contributed by atoms with Crippen molar-refractivity contribution in [3.05, 3.63) is 52.7 Å². The smallest absolute Gasteiger partial charge is 0.259 e. The summed E-state index contributed by atoms with van der Waals surface area (Å²) in [6.07, 6.45) is 2.52. The largest absolute Gasteiger partial charge is 0.489 e. The number of anilines is 1. The average molecular weight is 328 g/mol. The zero-order valence-electron chi connectivity index (χ0n) is 12.4. The maximum absolute atomic E-state index is 12.7. The molecule has 0 bridgehead atoms. The highest BCUT2D eigenvalue weighted by molar-refractivity contribution is 6.31. The summed E-state index contributed by atoms with van der Waals surface area (Å²) < 4.78 is 5.78. The monoisotopic (exact) mass is 327 g/mol. The number of fused-ring (bicyclic) bond motifs is 2. The number of benzene rings is 2. The summed E-state index contributed by atoms with van der Waals surface area (Å²) in [6.45, 7) is 1.97. The summed E-state index contributed by atoms with van der Waals surface area (Å²) in [6, 6.07) is 9.12. The number of hydrogen-bond acceptors (Lipinski definition) is 3. The average Bonchev–Trinajstić information content (AvgIpc) is 3.12. The van der Waals surface area contributed by atoms with E-state index in [-0.39, 0.29) is 12.0 Å². The Morgan fingerprint density at radius 3 is 3.17 bits per heavy atom. The van der Waals surface area contributed by atoms with Crippen molar-refractivity contribution in [2.75, 3.05) is 5.32 Å². The van der Waals surface area contributed by atoms with Crippen molar-refractivity contribution in [1.82, 2.24) is 10.2 Å². The first kappa shape index (κ1) is 14.1. The maximum atomic E-state index is 12.7. The zero-order valence-corrected chi connectivity index (χ0v) is 13.1. The van der Waals surface area contributed by atoms with Crippen LogP contribution in [0.25, 0.3) is 10.9 Å². The molecule has 0 unspecified atom stereocenters. The molecule has 0 saturated heterocycles. The van der Waals surface area contributed by atoms with Crippen LogP contribution in [0.2, 0.25) is 5.02 Å². The molecule has 0 fully saturated rings. The lowest BCUT2D eigenvalue weighted by Crippen LogP contribution is -2.14. The van der Waals surface area contributed by atoms with Crippen molar-refractivity contribution >= 4 is 34.1 Å². The number of carbonyl (C=O) groups excluding carboxylic acids is 1. The highest BCUT2D eigenvalue weighted by Crippen LogP contribution is 2.36. The molecule has 4 rings (SSSR count). The minimum Gasteiger partial charge on any atom is -0.489 e. The predicted molar refractivity (Wildman–Crippen MR) is 89.3 cm³/mol. The Morgan fingerprint density at radius 1 is 1.43 bits per heavy atom. The molecule has 5 nitrogen and oxygen atoms in total. The fourth-order valence-electron chi connectivity index (χ4n) is 2.92. The Morgan fingerprint density at radius 2 is 2.30 bits per heavy atom. The van der Waals surface area contributed by atoms with Crippen LogP contribution in [0.1, 0.15) is 22.8 Å². The van der Waals surface area contributed by atoms with Gasteiger partial charge in [-0.25, -0.2) is 0 Å². The van der Waals surface area contributed by atoms with Crippen LogP contribution in [0, 0.1) is 0 Å². The molecule has 1 aliphatic rings. The molecule has 0 aliphatic carbocycles. The molecule has 3 aromatic rings. The van der Waals surface area contributed by atoms with Gasteiger partial charge in [-0.15, -0.1) is 0 Å². The number of aromatic nitrogens is 2. The van der Waals surface area contributed by atoms with E-state index < -0.39 is 0 Å². The van der Waals surface area contributed by atoms with Crippen molar-refractivity contribution in [3.8, 4) is 5.75 Å². The quantitative estimate of drug-likeness (QED) is 0.752. The number of nitrogens with one attached hydrogen (secondary N) is 2. The third kappa shape index (κ3) is 2.43. The molecule has 1 aromatic heterocycles. The molecule has 23 heavy (non-hydrogen) atoms. The Labute approximate surface area is 137 Å². The van der Waals surface area contributed by atoms with Gasteiger partial charge in [0.1, 0.15) is 11.9 Å². The molecule has 116 valence electrons. The Hall–Kier alpha value is -2.53. The zero-order chi connectivity index (χ0) is 16.0. The highest BCUT2D eigenvalue weighted by atomic mass is 35.5. The van der Waals surface area contributed by atoms with Crippen LogP contribution in [0.15, 0.2) is 36.5 Å². The number of hydrogen-bond donors (Lipinski definition) is 2. The van der Waals surface area contributed by atoms with Crippen LogP contribution in [0.5, 0.6) is 5.75 Å². The number of carbonyl (C=O) groups is 1. The van der Waals surface area contributed by atoms with E-state index in [4.69, 9.17) is 16.3 Å². The summed E-state index contributed by atoms with van der Waals surface area (Å²) in [7, 11) is 0. The first-order valence-electron chi connectivity index (χ1n) is 7.34. The molecule has 6 heteroatoms. The van der Waals surface area contributed by atoms with E-state index >= 15 is 0 Å². The van der Waals surface area contributed by atoms with Crippen LogP contribution in [-0.2, 0) is 6.42 Å². The molecule has 0 radical (unpaired) electrons. The Bertz CT molecular complexity index is 919. The summed E-state index contributed by atoms with van der Waals surface area (Å²) in [4.78, 5) is 12.7. The van der Waals surface area contributed by atoms with E-state index in [0.717, 1.165) is 22.9 Å². The van der Waals surface area contributed by atoms with Gasteiger partial charge in [0.15, 0.2) is 0 Å². The molecule has 0 spiro atoms. The number of rotatable bonds is 2.